The second kappa shape index (κ2) is 8.42. The van der Waals surface area contributed by atoms with Crippen molar-refractivity contribution in [2.45, 2.75) is 0 Å². The van der Waals surface area contributed by atoms with Crippen molar-refractivity contribution in [1.29, 1.82) is 5.26 Å². The van der Waals surface area contributed by atoms with Gasteiger partial charge in [-0.2, -0.15) is 10.4 Å². The number of benzene rings is 2. The van der Waals surface area contributed by atoms with Crippen LogP contribution in [0.4, 0.5) is 5.69 Å². The van der Waals surface area contributed by atoms with Gasteiger partial charge in [-0.15, -0.1) is 0 Å². The molecule has 0 saturated carbocycles. The number of hydrogen-bond acceptors (Lipinski definition) is 5. The summed E-state index contributed by atoms with van der Waals surface area (Å²) in [6, 6.07) is 12.7. The monoisotopic (exact) mass is 393 g/mol. The Kier molecular flexibility index (Phi) is 6.27. The van der Waals surface area contributed by atoms with E-state index in [-0.39, 0.29) is 6.61 Å². The molecule has 2 aromatic carbocycles. The molecule has 5 nitrogen and oxygen atoms in total. The number of rotatable bonds is 6. The Hall–Kier alpha value is -2.23. The second-order valence-corrected chi connectivity index (χ2v) is 5.65. The Bertz CT molecular complexity index is 742. The highest BCUT2D eigenvalue weighted by Crippen LogP contribution is 2.36. The molecule has 0 radical (unpaired) electrons. The summed E-state index contributed by atoms with van der Waals surface area (Å²) < 4.78 is 11.3. The highest BCUT2D eigenvalue weighted by Gasteiger charge is 2.10. The minimum absolute atomic E-state index is 0.0550. The molecule has 1 N–H and O–H groups in total. The number of hydrogen-bond donors (Lipinski definition) is 1. The summed E-state index contributed by atoms with van der Waals surface area (Å²) in [5, 5.41) is 13.4. The van der Waals surface area contributed by atoms with E-state index in [1.54, 1.807) is 24.4 Å². The van der Waals surface area contributed by atoms with E-state index in [1.807, 2.05) is 24.3 Å². The Morgan fingerprint density at radius 3 is 2.74 bits per heavy atom. The van der Waals surface area contributed by atoms with Gasteiger partial charge in [-0.1, -0.05) is 11.6 Å². The van der Waals surface area contributed by atoms with Crippen LogP contribution in [-0.2, 0) is 0 Å². The Morgan fingerprint density at radius 2 is 2.09 bits per heavy atom. The van der Waals surface area contributed by atoms with Gasteiger partial charge < -0.3 is 9.47 Å². The minimum atomic E-state index is -0.0550. The fourth-order valence-corrected chi connectivity index (χ4v) is 2.46. The van der Waals surface area contributed by atoms with Gasteiger partial charge in [-0.25, -0.2) is 0 Å². The van der Waals surface area contributed by atoms with Crippen molar-refractivity contribution in [3.63, 3.8) is 0 Å². The van der Waals surface area contributed by atoms with Gasteiger partial charge in [0.15, 0.2) is 18.1 Å². The van der Waals surface area contributed by atoms with E-state index in [4.69, 9.17) is 26.3 Å². The third kappa shape index (κ3) is 4.88. The molecule has 0 aliphatic heterocycles. The van der Waals surface area contributed by atoms with Gasteiger partial charge in [0.2, 0.25) is 0 Å². The molecule has 23 heavy (non-hydrogen) atoms. The van der Waals surface area contributed by atoms with Crippen LogP contribution in [0.25, 0.3) is 0 Å². The normalized spacial score (nSPS) is 10.3. The third-order valence-corrected chi connectivity index (χ3v) is 3.63. The maximum Gasteiger partial charge on any atom is 0.176 e. The minimum Gasteiger partial charge on any atom is -0.493 e. The van der Waals surface area contributed by atoms with Crippen molar-refractivity contribution in [2.24, 2.45) is 5.10 Å². The standard InChI is InChI=1S/C16H13BrClN3O2/c1-22-15-9-11(8-14(17)16(15)23-7-6-19)10-20-21-13-4-2-12(18)3-5-13/h2-5,8-10,21H,7H2,1H3/b20-10-. The molecule has 2 rings (SSSR count). The van der Waals surface area contributed by atoms with E-state index < -0.39 is 0 Å². The molecule has 0 heterocycles. The summed E-state index contributed by atoms with van der Waals surface area (Å²) in [5.41, 5.74) is 4.54. The lowest BCUT2D eigenvalue weighted by atomic mass is 10.2. The van der Waals surface area contributed by atoms with Gasteiger partial charge in [-0.3, -0.25) is 5.43 Å². The molecule has 0 aliphatic rings. The zero-order valence-electron chi connectivity index (χ0n) is 12.2. The Balaban J connectivity index is 2.13. The second-order valence-electron chi connectivity index (χ2n) is 4.36. The topological polar surface area (TPSA) is 66.6 Å². The molecule has 0 amide bonds. The van der Waals surface area contributed by atoms with Crippen molar-refractivity contribution >= 4 is 39.4 Å². The molecular weight excluding hydrogens is 382 g/mol. The number of anilines is 1. The molecule has 0 aliphatic carbocycles. The molecule has 0 unspecified atom stereocenters. The lowest BCUT2D eigenvalue weighted by Gasteiger charge is -2.11. The molecule has 0 bridgehead atoms. The maximum atomic E-state index is 8.61. The first kappa shape index (κ1) is 17.1. The number of halogens is 2. The summed E-state index contributed by atoms with van der Waals surface area (Å²) in [4.78, 5) is 0. The highest BCUT2D eigenvalue weighted by molar-refractivity contribution is 9.10. The van der Waals surface area contributed by atoms with Crippen molar-refractivity contribution in [3.05, 3.63) is 51.5 Å². The molecule has 2 aromatic rings. The van der Waals surface area contributed by atoms with Gasteiger partial charge in [0.1, 0.15) is 6.07 Å². The summed E-state index contributed by atoms with van der Waals surface area (Å²) in [7, 11) is 1.54. The Morgan fingerprint density at radius 1 is 1.35 bits per heavy atom. The number of ether oxygens (including phenoxy) is 2. The lowest BCUT2D eigenvalue weighted by molar-refractivity contribution is 0.327. The summed E-state index contributed by atoms with van der Waals surface area (Å²) >= 11 is 9.23. The first-order valence-electron chi connectivity index (χ1n) is 6.56. The van der Waals surface area contributed by atoms with Gasteiger partial charge in [0, 0.05) is 5.02 Å². The quantitative estimate of drug-likeness (QED) is 0.580. The zero-order valence-corrected chi connectivity index (χ0v) is 14.6. The van der Waals surface area contributed by atoms with Crippen molar-refractivity contribution in [1.82, 2.24) is 0 Å². The Labute approximate surface area is 147 Å². The molecular formula is C16H13BrClN3O2. The van der Waals surface area contributed by atoms with Crippen molar-refractivity contribution in [2.75, 3.05) is 19.1 Å². The number of nitrogens with zero attached hydrogens (tertiary/aromatic N) is 2. The van der Waals surface area contributed by atoms with E-state index in [0.717, 1.165) is 11.3 Å². The van der Waals surface area contributed by atoms with Crippen LogP contribution in [0, 0.1) is 11.3 Å². The van der Waals surface area contributed by atoms with Crippen molar-refractivity contribution < 1.29 is 9.47 Å². The van der Waals surface area contributed by atoms with Crippen LogP contribution in [-0.4, -0.2) is 19.9 Å². The fourth-order valence-electron chi connectivity index (χ4n) is 1.76. The van der Waals surface area contributed by atoms with E-state index in [2.05, 4.69) is 26.5 Å². The molecule has 0 fully saturated rings. The first-order valence-corrected chi connectivity index (χ1v) is 7.73. The first-order chi connectivity index (χ1) is 11.1. The van der Waals surface area contributed by atoms with E-state index in [1.165, 1.54) is 7.11 Å². The summed E-state index contributed by atoms with van der Waals surface area (Å²) in [6.45, 7) is -0.0550. The molecule has 118 valence electrons. The van der Waals surface area contributed by atoms with Crippen LogP contribution < -0.4 is 14.9 Å². The van der Waals surface area contributed by atoms with Crippen LogP contribution in [0.15, 0.2) is 46.0 Å². The molecule has 0 saturated heterocycles. The predicted molar refractivity (Wildman–Crippen MR) is 94.5 cm³/mol. The fraction of sp³-hybridized carbons (Fsp3) is 0.125. The largest absolute Gasteiger partial charge is 0.493 e. The van der Waals surface area contributed by atoms with Gasteiger partial charge in [0.05, 0.1) is 23.5 Å². The molecule has 0 atom stereocenters. The van der Waals surface area contributed by atoms with Crippen LogP contribution in [0.2, 0.25) is 5.02 Å². The number of hydrazone groups is 1. The lowest BCUT2D eigenvalue weighted by Crippen LogP contribution is -1.99. The predicted octanol–water partition coefficient (Wildman–Crippen LogP) is 4.46. The van der Waals surface area contributed by atoms with Crippen LogP contribution in [0.5, 0.6) is 11.5 Å². The molecule has 0 aromatic heterocycles. The summed E-state index contributed by atoms with van der Waals surface area (Å²) in [5.74, 6) is 0.999. The third-order valence-electron chi connectivity index (χ3n) is 2.78. The van der Waals surface area contributed by atoms with Gasteiger partial charge >= 0.3 is 0 Å². The number of methoxy groups -OCH3 is 1. The maximum absolute atomic E-state index is 8.61. The van der Waals surface area contributed by atoms with Crippen LogP contribution >= 0.6 is 27.5 Å². The van der Waals surface area contributed by atoms with Crippen LogP contribution in [0.3, 0.4) is 0 Å². The average molecular weight is 395 g/mol. The SMILES string of the molecule is COc1cc(/C=N\Nc2ccc(Cl)cc2)cc(Br)c1OCC#N. The number of nitrogens with one attached hydrogen (secondary N) is 1. The van der Waals surface area contributed by atoms with E-state index in [9.17, 15) is 0 Å². The summed E-state index contributed by atoms with van der Waals surface area (Å²) in [6.07, 6.45) is 1.65. The highest BCUT2D eigenvalue weighted by atomic mass is 79.9. The van der Waals surface area contributed by atoms with E-state index in [0.29, 0.717) is 21.0 Å². The van der Waals surface area contributed by atoms with Crippen LogP contribution in [0.1, 0.15) is 5.56 Å². The van der Waals surface area contributed by atoms with Gasteiger partial charge in [-0.05, 0) is 57.9 Å². The van der Waals surface area contributed by atoms with Gasteiger partial charge in [0.25, 0.3) is 0 Å². The van der Waals surface area contributed by atoms with Crippen molar-refractivity contribution in [3.8, 4) is 17.6 Å². The molecule has 0 spiro atoms. The molecule has 7 heteroatoms. The van der Waals surface area contributed by atoms with E-state index >= 15 is 0 Å². The zero-order chi connectivity index (χ0) is 16.7. The number of nitriles is 1. The average Bonchev–Trinajstić information content (AvgIpc) is 2.55. The smallest absolute Gasteiger partial charge is 0.176 e.